The third-order valence-electron chi connectivity index (χ3n) is 2.02. The normalized spacial score (nSPS) is 29.6. The van der Waals surface area contributed by atoms with E-state index in [4.69, 9.17) is 10.5 Å². The van der Waals surface area contributed by atoms with Gasteiger partial charge in [0.1, 0.15) is 0 Å². The van der Waals surface area contributed by atoms with Gasteiger partial charge in [0.15, 0.2) is 0 Å². The summed E-state index contributed by atoms with van der Waals surface area (Å²) in [5.41, 5.74) is 5.03. The number of hydrogen-bond donors (Lipinski definition) is 1. The largest absolute Gasteiger partial charge is 0.373 e. The maximum atomic E-state index is 10.7. The first-order valence-electron chi connectivity index (χ1n) is 4.35. The van der Waals surface area contributed by atoms with Crippen LogP contribution in [0.15, 0.2) is 0 Å². The van der Waals surface area contributed by atoms with Crippen molar-refractivity contribution in [1.29, 1.82) is 0 Å². The molecule has 0 saturated heterocycles. The Morgan fingerprint density at radius 3 is 2.25 bits per heavy atom. The van der Waals surface area contributed by atoms with Crippen molar-refractivity contribution in [2.24, 2.45) is 11.7 Å². The molecular weight excluding hydrogens is 154 g/mol. The standard InChI is InChI=1S/C9H17NO2/c1-9(2,3)12-7-4-6(5-7)8(10)11/h6-7H,4-5H2,1-3H3,(H2,10,11). The lowest BCUT2D eigenvalue weighted by Crippen LogP contribution is -2.42. The van der Waals surface area contributed by atoms with Crippen LogP contribution in [-0.4, -0.2) is 17.6 Å². The van der Waals surface area contributed by atoms with Crippen LogP contribution in [0.1, 0.15) is 33.6 Å². The van der Waals surface area contributed by atoms with E-state index in [1.807, 2.05) is 20.8 Å². The molecule has 1 saturated carbocycles. The first kappa shape index (κ1) is 9.52. The van der Waals surface area contributed by atoms with E-state index in [2.05, 4.69) is 0 Å². The average molecular weight is 171 g/mol. The average Bonchev–Trinajstić information content (AvgIpc) is 1.74. The van der Waals surface area contributed by atoms with Gasteiger partial charge in [0.25, 0.3) is 0 Å². The van der Waals surface area contributed by atoms with Crippen molar-refractivity contribution in [3.63, 3.8) is 0 Å². The zero-order chi connectivity index (χ0) is 9.35. The topological polar surface area (TPSA) is 52.3 Å². The summed E-state index contributed by atoms with van der Waals surface area (Å²) in [5, 5.41) is 0. The molecule has 0 aromatic heterocycles. The van der Waals surface area contributed by atoms with E-state index in [-0.39, 0.29) is 23.5 Å². The van der Waals surface area contributed by atoms with Crippen LogP contribution in [0.3, 0.4) is 0 Å². The molecule has 2 N–H and O–H groups in total. The predicted molar refractivity (Wildman–Crippen MR) is 46.5 cm³/mol. The van der Waals surface area contributed by atoms with Gasteiger partial charge in [-0.2, -0.15) is 0 Å². The van der Waals surface area contributed by atoms with Crippen LogP contribution in [0, 0.1) is 5.92 Å². The van der Waals surface area contributed by atoms with Gasteiger partial charge in [0.2, 0.25) is 5.91 Å². The number of hydrogen-bond acceptors (Lipinski definition) is 2. The highest BCUT2D eigenvalue weighted by Gasteiger charge is 2.35. The maximum absolute atomic E-state index is 10.7. The molecule has 0 aromatic rings. The summed E-state index contributed by atoms with van der Waals surface area (Å²) in [5.74, 6) is -0.138. The fraction of sp³-hybridized carbons (Fsp3) is 0.889. The first-order chi connectivity index (χ1) is 5.38. The Hall–Kier alpha value is -0.570. The van der Waals surface area contributed by atoms with Gasteiger partial charge in [-0.25, -0.2) is 0 Å². The Morgan fingerprint density at radius 2 is 1.92 bits per heavy atom. The zero-order valence-corrected chi connectivity index (χ0v) is 7.96. The van der Waals surface area contributed by atoms with Crippen molar-refractivity contribution in [3.05, 3.63) is 0 Å². The van der Waals surface area contributed by atoms with Crippen LogP contribution >= 0.6 is 0 Å². The Balaban J connectivity index is 2.22. The summed E-state index contributed by atoms with van der Waals surface area (Å²) < 4.78 is 5.65. The van der Waals surface area contributed by atoms with Crippen molar-refractivity contribution in [3.8, 4) is 0 Å². The van der Waals surface area contributed by atoms with Crippen LogP contribution in [-0.2, 0) is 9.53 Å². The second-order valence-electron chi connectivity index (χ2n) is 4.42. The van der Waals surface area contributed by atoms with Gasteiger partial charge in [0.05, 0.1) is 11.7 Å². The van der Waals surface area contributed by atoms with Gasteiger partial charge in [-0.15, -0.1) is 0 Å². The summed E-state index contributed by atoms with van der Waals surface area (Å²) in [7, 11) is 0. The van der Waals surface area contributed by atoms with E-state index in [0.717, 1.165) is 12.8 Å². The van der Waals surface area contributed by atoms with Crippen molar-refractivity contribution < 1.29 is 9.53 Å². The van der Waals surface area contributed by atoms with E-state index in [1.165, 1.54) is 0 Å². The van der Waals surface area contributed by atoms with Gasteiger partial charge in [-0.05, 0) is 33.6 Å². The third-order valence-corrected chi connectivity index (χ3v) is 2.02. The van der Waals surface area contributed by atoms with Crippen molar-refractivity contribution in [2.45, 2.75) is 45.3 Å². The van der Waals surface area contributed by atoms with E-state index in [0.29, 0.717) is 0 Å². The fourth-order valence-electron chi connectivity index (χ4n) is 1.39. The second kappa shape index (κ2) is 3.05. The maximum Gasteiger partial charge on any atom is 0.220 e. The predicted octanol–water partition coefficient (Wildman–Crippen LogP) is 1.07. The molecule has 0 aromatic carbocycles. The lowest BCUT2D eigenvalue weighted by Gasteiger charge is -2.37. The Kier molecular flexibility index (Phi) is 2.42. The molecule has 1 aliphatic carbocycles. The molecular formula is C9H17NO2. The SMILES string of the molecule is CC(C)(C)OC1CC(C(N)=O)C1. The monoisotopic (exact) mass is 171 g/mol. The fourth-order valence-corrected chi connectivity index (χ4v) is 1.39. The molecule has 0 aliphatic heterocycles. The number of carbonyl (C=O) groups excluding carboxylic acids is 1. The molecule has 1 rings (SSSR count). The molecule has 0 unspecified atom stereocenters. The van der Waals surface area contributed by atoms with E-state index >= 15 is 0 Å². The molecule has 70 valence electrons. The summed E-state index contributed by atoms with van der Waals surface area (Å²) in [6.45, 7) is 6.06. The van der Waals surface area contributed by atoms with Gasteiger partial charge < -0.3 is 10.5 Å². The van der Waals surface area contributed by atoms with Gasteiger partial charge in [0, 0.05) is 5.92 Å². The molecule has 0 heterocycles. The summed E-state index contributed by atoms with van der Waals surface area (Å²) in [6, 6.07) is 0. The van der Waals surface area contributed by atoms with Crippen molar-refractivity contribution in [2.75, 3.05) is 0 Å². The number of rotatable bonds is 2. The van der Waals surface area contributed by atoms with Crippen LogP contribution < -0.4 is 5.73 Å². The highest BCUT2D eigenvalue weighted by molar-refractivity contribution is 5.77. The molecule has 1 fully saturated rings. The first-order valence-corrected chi connectivity index (χ1v) is 4.35. The van der Waals surface area contributed by atoms with E-state index < -0.39 is 0 Å². The molecule has 12 heavy (non-hydrogen) atoms. The summed E-state index contributed by atoms with van der Waals surface area (Å²) in [6.07, 6.45) is 1.83. The highest BCUT2D eigenvalue weighted by atomic mass is 16.5. The van der Waals surface area contributed by atoms with Crippen molar-refractivity contribution in [1.82, 2.24) is 0 Å². The molecule has 3 heteroatoms. The molecule has 1 aliphatic rings. The number of carbonyl (C=O) groups is 1. The van der Waals surface area contributed by atoms with Gasteiger partial charge in [-0.3, -0.25) is 4.79 Å². The Bertz CT molecular complexity index is 177. The van der Waals surface area contributed by atoms with E-state index in [9.17, 15) is 4.79 Å². The molecule has 0 bridgehead atoms. The number of amides is 1. The van der Waals surface area contributed by atoms with Gasteiger partial charge in [-0.1, -0.05) is 0 Å². The number of nitrogens with two attached hydrogens (primary N) is 1. The van der Waals surface area contributed by atoms with Crippen LogP contribution in [0.25, 0.3) is 0 Å². The molecule has 0 spiro atoms. The summed E-state index contributed by atoms with van der Waals surface area (Å²) in [4.78, 5) is 10.7. The number of ether oxygens (including phenoxy) is 1. The minimum atomic E-state index is -0.191. The quantitative estimate of drug-likeness (QED) is 0.675. The summed E-state index contributed by atoms with van der Waals surface area (Å²) >= 11 is 0. The minimum absolute atomic E-state index is 0.0531. The lowest BCUT2D eigenvalue weighted by molar-refractivity contribution is -0.141. The zero-order valence-electron chi connectivity index (χ0n) is 7.96. The van der Waals surface area contributed by atoms with Crippen molar-refractivity contribution >= 4 is 5.91 Å². The van der Waals surface area contributed by atoms with Crippen LogP contribution in [0.5, 0.6) is 0 Å². The molecule has 3 nitrogen and oxygen atoms in total. The highest BCUT2D eigenvalue weighted by Crippen LogP contribution is 2.32. The lowest BCUT2D eigenvalue weighted by atomic mass is 9.81. The van der Waals surface area contributed by atoms with E-state index in [1.54, 1.807) is 0 Å². The van der Waals surface area contributed by atoms with Gasteiger partial charge >= 0.3 is 0 Å². The Morgan fingerprint density at radius 1 is 1.42 bits per heavy atom. The smallest absolute Gasteiger partial charge is 0.220 e. The molecule has 1 amide bonds. The number of primary amides is 1. The second-order valence-corrected chi connectivity index (χ2v) is 4.42. The van der Waals surface area contributed by atoms with Crippen LogP contribution in [0.2, 0.25) is 0 Å². The third kappa shape index (κ3) is 2.48. The van der Waals surface area contributed by atoms with Crippen LogP contribution in [0.4, 0.5) is 0 Å². The Labute approximate surface area is 73.3 Å². The minimum Gasteiger partial charge on any atom is -0.373 e. The molecule has 0 atom stereocenters. The molecule has 0 radical (unpaired) electrons.